The molecule has 0 heterocycles. The number of ketones is 1. The number of carbonyl (C=O) groups is 2. The monoisotopic (exact) mass is 432 g/mol. The zero-order valence-electron chi connectivity index (χ0n) is 18.2. The van der Waals surface area contributed by atoms with E-state index in [-0.39, 0.29) is 11.3 Å². The number of hydrogen-bond donors (Lipinski definition) is 0. The quantitative estimate of drug-likeness (QED) is 0.200. The number of carbonyl (C=O) groups excluding carboxylic acids is 2. The van der Waals surface area contributed by atoms with Crippen molar-refractivity contribution in [3.63, 3.8) is 0 Å². The van der Waals surface area contributed by atoms with Gasteiger partial charge < -0.3 is 18.9 Å². The molecular weight excluding hydrogens is 408 g/mol. The van der Waals surface area contributed by atoms with Crippen molar-refractivity contribution >= 4 is 17.8 Å². The van der Waals surface area contributed by atoms with Crippen molar-refractivity contribution in [3.05, 3.63) is 89.5 Å². The van der Waals surface area contributed by atoms with Gasteiger partial charge in [-0.3, -0.25) is 4.79 Å². The van der Waals surface area contributed by atoms with Crippen molar-refractivity contribution in [1.29, 1.82) is 0 Å². The minimum atomic E-state index is -0.620. The summed E-state index contributed by atoms with van der Waals surface area (Å²) in [5.41, 5.74) is 1.47. The normalized spacial score (nSPS) is 10.6. The van der Waals surface area contributed by atoms with Crippen LogP contribution >= 0.6 is 0 Å². The molecule has 3 aromatic carbocycles. The van der Waals surface area contributed by atoms with E-state index in [1.54, 1.807) is 48.5 Å². The summed E-state index contributed by atoms with van der Waals surface area (Å²) in [7, 11) is 2.93. The first kappa shape index (κ1) is 22.6. The van der Waals surface area contributed by atoms with E-state index in [4.69, 9.17) is 18.9 Å². The summed E-state index contributed by atoms with van der Waals surface area (Å²) >= 11 is 0. The van der Waals surface area contributed by atoms with Crippen molar-refractivity contribution in [1.82, 2.24) is 0 Å². The second-order valence-corrected chi connectivity index (χ2v) is 6.62. The number of esters is 1. The fourth-order valence-corrected chi connectivity index (χ4v) is 3.06. The molecule has 0 atom stereocenters. The Labute approximate surface area is 187 Å². The van der Waals surface area contributed by atoms with Crippen LogP contribution in [-0.2, 0) is 0 Å². The number of para-hydroxylation sites is 1. The number of rotatable bonds is 9. The molecule has 6 heteroatoms. The van der Waals surface area contributed by atoms with Gasteiger partial charge in [-0.1, -0.05) is 24.3 Å². The molecule has 0 saturated carbocycles. The van der Waals surface area contributed by atoms with Crippen LogP contribution in [0.3, 0.4) is 0 Å². The lowest BCUT2D eigenvalue weighted by Crippen LogP contribution is -2.12. The third kappa shape index (κ3) is 5.35. The molecule has 0 aliphatic heterocycles. The molecule has 164 valence electrons. The van der Waals surface area contributed by atoms with Crippen LogP contribution in [0.15, 0.2) is 72.8 Å². The Balaban J connectivity index is 1.72. The second-order valence-electron chi connectivity index (χ2n) is 6.62. The number of ether oxygens (including phenoxy) is 4. The summed E-state index contributed by atoms with van der Waals surface area (Å²) in [5, 5.41) is 0. The van der Waals surface area contributed by atoms with Gasteiger partial charge in [-0.05, 0) is 61.5 Å². The molecule has 0 saturated heterocycles. The van der Waals surface area contributed by atoms with E-state index in [1.807, 2.05) is 31.2 Å². The van der Waals surface area contributed by atoms with Crippen molar-refractivity contribution < 1.29 is 28.5 Å². The lowest BCUT2D eigenvalue weighted by atomic mass is 10.1. The van der Waals surface area contributed by atoms with Crippen LogP contribution < -0.4 is 18.9 Å². The van der Waals surface area contributed by atoms with Gasteiger partial charge in [-0.25, -0.2) is 4.79 Å². The van der Waals surface area contributed by atoms with Crippen molar-refractivity contribution in [2.75, 3.05) is 20.8 Å². The molecule has 0 aliphatic carbocycles. The second kappa shape index (κ2) is 10.8. The molecule has 0 bridgehead atoms. The number of methoxy groups -OCH3 is 2. The predicted octanol–water partition coefficient (Wildman–Crippen LogP) is 5.22. The number of allylic oxidation sites excluding steroid dienone is 1. The molecule has 0 aliphatic rings. The number of hydrogen-bond acceptors (Lipinski definition) is 6. The lowest BCUT2D eigenvalue weighted by molar-refractivity contribution is 0.0727. The van der Waals surface area contributed by atoms with Gasteiger partial charge in [0, 0.05) is 11.1 Å². The van der Waals surface area contributed by atoms with Gasteiger partial charge in [0.2, 0.25) is 0 Å². The summed E-state index contributed by atoms with van der Waals surface area (Å²) in [6, 6.07) is 18.8. The smallest absolute Gasteiger partial charge is 0.351 e. The molecule has 3 aromatic rings. The third-order valence-electron chi connectivity index (χ3n) is 4.61. The fourth-order valence-electron chi connectivity index (χ4n) is 3.06. The van der Waals surface area contributed by atoms with Crippen LogP contribution in [0.25, 0.3) is 6.08 Å². The Kier molecular flexibility index (Phi) is 7.65. The molecule has 3 rings (SSSR count). The van der Waals surface area contributed by atoms with E-state index in [0.717, 1.165) is 5.56 Å². The molecule has 0 spiro atoms. The Morgan fingerprint density at radius 1 is 0.812 bits per heavy atom. The maximum Gasteiger partial charge on any atom is 0.351 e. The van der Waals surface area contributed by atoms with Crippen LogP contribution in [0.1, 0.15) is 33.2 Å². The highest BCUT2D eigenvalue weighted by molar-refractivity contribution is 6.07. The van der Waals surface area contributed by atoms with Crippen LogP contribution in [0, 0.1) is 0 Å². The summed E-state index contributed by atoms with van der Waals surface area (Å²) in [5.74, 6) is 0.905. The van der Waals surface area contributed by atoms with Crippen LogP contribution in [0.4, 0.5) is 0 Å². The maximum absolute atomic E-state index is 12.7. The van der Waals surface area contributed by atoms with E-state index >= 15 is 0 Å². The molecule has 0 unspecified atom stereocenters. The Morgan fingerprint density at radius 2 is 1.44 bits per heavy atom. The Bertz CT molecular complexity index is 1090. The lowest BCUT2D eigenvalue weighted by Gasteiger charge is -2.12. The minimum Gasteiger partial charge on any atom is -0.496 e. The number of benzene rings is 3. The van der Waals surface area contributed by atoms with Crippen molar-refractivity contribution in [3.8, 4) is 23.0 Å². The summed E-state index contributed by atoms with van der Waals surface area (Å²) in [4.78, 5) is 25.2. The fraction of sp³-hybridized carbons (Fsp3) is 0.154. The largest absolute Gasteiger partial charge is 0.496 e. The summed E-state index contributed by atoms with van der Waals surface area (Å²) in [6.07, 6.45) is 3.20. The summed E-state index contributed by atoms with van der Waals surface area (Å²) in [6.45, 7) is 2.45. The highest BCUT2D eigenvalue weighted by Crippen LogP contribution is 2.29. The Hall–Kier alpha value is -4.06. The SMILES string of the molecule is CCOc1ccccc1C=CC(=O)c1ccc(OC(=O)c2c(OC)cccc2OC)cc1. The standard InChI is InChI=1S/C26H24O6/c1-4-31-22-9-6-5-8-19(22)14-17-21(27)18-12-15-20(16-13-18)32-26(28)25-23(29-2)10-7-11-24(25)30-3/h5-17H,4H2,1-3H3. The molecule has 6 nitrogen and oxygen atoms in total. The third-order valence-corrected chi connectivity index (χ3v) is 4.61. The van der Waals surface area contributed by atoms with E-state index in [1.165, 1.54) is 20.3 Å². The van der Waals surface area contributed by atoms with E-state index in [0.29, 0.717) is 35.2 Å². The van der Waals surface area contributed by atoms with Gasteiger partial charge in [0.15, 0.2) is 5.78 Å². The highest BCUT2D eigenvalue weighted by Gasteiger charge is 2.20. The molecule has 0 aromatic heterocycles. The molecule has 0 fully saturated rings. The minimum absolute atomic E-state index is 0.180. The molecule has 0 amide bonds. The van der Waals surface area contributed by atoms with Crippen LogP contribution in [0.5, 0.6) is 23.0 Å². The zero-order chi connectivity index (χ0) is 22.9. The highest BCUT2D eigenvalue weighted by atomic mass is 16.5. The first-order valence-electron chi connectivity index (χ1n) is 10.0. The van der Waals surface area contributed by atoms with Gasteiger partial charge in [-0.15, -0.1) is 0 Å². The molecule has 0 radical (unpaired) electrons. The maximum atomic E-state index is 12.7. The van der Waals surface area contributed by atoms with E-state index < -0.39 is 5.97 Å². The van der Waals surface area contributed by atoms with Crippen LogP contribution in [0.2, 0.25) is 0 Å². The van der Waals surface area contributed by atoms with E-state index in [9.17, 15) is 9.59 Å². The van der Waals surface area contributed by atoms with Crippen LogP contribution in [-0.4, -0.2) is 32.6 Å². The topological polar surface area (TPSA) is 71.1 Å². The Morgan fingerprint density at radius 3 is 2.06 bits per heavy atom. The van der Waals surface area contributed by atoms with E-state index in [2.05, 4.69) is 0 Å². The molecule has 32 heavy (non-hydrogen) atoms. The first-order valence-corrected chi connectivity index (χ1v) is 10.0. The van der Waals surface area contributed by atoms with Crippen molar-refractivity contribution in [2.45, 2.75) is 6.92 Å². The van der Waals surface area contributed by atoms with Crippen molar-refractivity contribution in [2.24, 2.45) is 0 Å². The van der Waals surface area contributed by atoms with Gasteiger partial charge >= 0.3 is 5.97 Å². The molecule has 0 N–H and O–H groups in total. The predicted molar refractivity (Wildman–Crippen MR) is 122 cm³/mol. The van der Waals surface area contributed by atoms with Gasteiger partial charge in [-0.2, -0.15) is 0 Å². The van der Waals surface area contributed by atoms with Gasteiger partial charge in [0.05, 0.1) is 20.8 Å². The first-order chi connectivity index (χ1) is 15.6. The zero-order valence-corrected chi connectivity index (χ0v) is 18.2. The summed E-state index contributed by atoms with van der Waals surface area (Å²) < 4.78 is 21.5. The van der Waals surface area contributed by atoms with Gasteiger partial charge in [0.1, 0.15) is 28.6 Å². The van der Waals surface area contributed by atoms with Gasteiger partial charge in [0.25, 0.3) is 0 Å². The average molecular weight is 432 g/mol. The average Bonchev–Trinajstić information content (AvgIpc) is 2.83. The molecular formula is C26H24O6.